The van der Waals surface area contributed by atoms with Crippen LogP contribution in [0.5, 0.6) is 0 Å². The number of carbonyl (C=O) groups excluding carboxylic acids is 1. The number of aryl methyl sites for hydroxylation is 2. The van der Waals surface area contributed by atoms with Crippen LogP contribution in [0.25, 0.3) is 0 Å². The summed E-state index contributed by atoms with van der Waals surface area (Å²) in [6, 6.07) is 5.12. The smallest absolute Gasteiger partial charge is 0.251 e. The van der Waals surface area contributed by atoms with Crippen LogP contribution in [0.4, 0.5) is 14.7 Å². The second-order valence-corrected chi connectivity index (χ2v) is 6.72. The van der Waals surface area contributed by atoms with E-state index in [2.05, 4.69) is 20.2 Å². The number of benzene rings is 1. The molecule has 0 unspecified atom stereocenters. The molecule has 0 saturated carbocycles. The van der Waals surface area contributed by atoms with Gasteiger partial charge in [-0.05, 0) is 56.9 Å². The number of nitrogens with one attached hydrogen (secondary N) is 1. The molecule has 2 aromatic rings. The topological polar surface area (TPSA) is 58.1 Å². The van der Waals surface area contributed by atoms with Crippen molar-refractivity contribution in [3.63, 3.8) is 0 Å². The molecule has 1 aliphatic rings. The molecule has 1 fully saturated rings. The molecule has 2 heterocycles. The van der Waals surface area contributed by atoms with Crippen molar-refractivity contribution < 1.29 is 13.6 Å². The quantitative estimate of drug-likeness (QED) is 0.911. The molecule has 1 saturated heterocycles. The first-order valence-corrected chi connectivity index (χ1v) is 8.73. The third kappa shape index (κ3) is 4.33. The molecule has 5 nitrogen and oxygen atoms in total. The Morgan fingerprint density at radius 2 is 1.77 bits per heavy atom. The van der Waals surface area contributed by atoms with Crippen molar-refractivity contribution in [1.29, 1.82) is 0 Å². The average Bonchev–Trinajstić information content (AvgIpc) is 2.61. The summed E-state index contributed by atoms with van der Waals surface area (Å²) < 4.78 is 26.2. The molecule has 1 N–H and O–H groups in total. The van der Waals surface area contributed by atoms with E-state index in [1.807, 2.05) is 19.9 Å². The van der Waals surface area contributed by atoms with Crippen molar-refractivity contribution in [1.82, 2.24) is 15.3 Å². The summed E-state index contributed by atoms with van der Waals surface area (Å²) in [5.41, 5.74) is 2.03. The standard InChI is InChI=1S/C19H22F2N4O/c1-12-9-13(2)24-19(23-12)25-7-5-14(6-8-25)11-22-18(26)15-3-4-16(20)17(21)10-15/h3-4,9-10,14H,5-8,11H2,1-2H3,(H,22,26). The molecule has 0 spiro atoms. The van der Waals surface area contributed by atoms with Crippen LogP contribution in [-0.2, 0) is 0 Å². The van der Waals surface area contributed by atoms with Gasteiger partial charge in [0.05, 0.1) is 0 Å². The Bertz CT molecular complexity index is 784. The van der Waals surface area contributed by atoms with Gasteiger partial charge in [0.15, 0.2) is 11.6 Å². The maximum absolute atomic E-state index is 13.2. The number of hydrogen-bond donors (Lipinski definition) is 1. The molecular formula is C19H22F2N4O. The maximum atomic E-state index is 13.2. The lowest BCUT2D eigenvalue weighted by Gasteiger charge is -2.32. The first-order chi connectivity index (χ1) is 12.4. The predicted molar refractivity (Wildman–Crippen MR) is 95.1 cm³/mol. The minimum atomic E-state index is -1.01. The summed E-state index contributed by atoms with van der Waals surface area (Å²) in [7, 11) is 0. The highest BCUT2D eigenvalue weighted by Gasteiger charge is 2.22. The molecule has 26 heavy (non-hydrogen) atoms. The minimum absolute atomic E-state index is 0.130. The number of amides is 1. The summed E-state index contributed by atoms with van der Waals surface area (Å²) in [5, 5.41) is 2.81. The summed E-state index contributed by atoms with van der Waals surface area (Å²) >= 11 is 0. The summed E-state index contributed by atoms with van der Waals surface area (Å²) in [5.74, 6) is -1.26. The first-order valence-electron chi connectivity index (χ1n) is 8.73. The Morgan fingerprint density at radius 1 is 1.12 bits per heavy atom. The molecular weight excluding hydrogens is 338 g/mol. The Hall–Kier alpha value is -2.57. The van der Waals surface area contributed by atoms with Gasteiger partial charge in [-0.3, -0.25) is 4.79 Å². The fraction of sp³-hybridized carbons (Fsp3) is 0.421. The van der Waals surface area contributed by atoms with Crippen molar-refractivity contribution in [2.45, 2.75) is 26.7 Å². The van der Waals surface area contributed by atoms with E-state index in [1.165, 1.54) is 6.07 Å². The van der Waals surface area contributed by atoms with Gasteiger partial charge in [0, 0.05) is 36.6 Å². The van der Waals surface area contributed by atoms with Crippen LogP contribution in [0, 0.1) is 31.4 Å². The lowest BCUT2D eigenvalue weighted by atomic mass is 9.97. The molecule has 3 rings (SSSR count). The normalized spacial score (nSPS) is 15.2. The second-order valence-electron chi connectivity index (χ2n) is 6.72. The van der Waals surface area contributed by atoms with Gasteiger partial charge in [-0.25, -0.2) is 18.7 Å². The lowest BCUT2D eigenvalue weighted by Crippen LogP contribution is -2.39. The van der Waals surface area contributed by atoms with Crippen LogP contribution in [0.15, 0.2) is 24.3 Å². The molecule has 138 valence electrons. The Kier molecular flexibility index (Phi) is 5.44. The van der Waals surface area contributed by atoms with Crippen LogP contribution in [0.3, 0.4) is 0 Å². The summed E-state index contributed by atoms with van der Waals surface area (Å²) in [6.07, 6.45) is 1.82. The zero-order chi connectivity index (χ0) is 18.7. The highest BCUT2D eigenvalue weighted by molar-refractivity contribution is 5.94. The molecule has 1 aliphatic heterocycles. The van der Waals surface area contributed by atoms with Crippen molar-refractivity contribution in [3.8, 4) is 0 Å². The third-order valence-electron chi connectivity index (χ3n) is 4.60. The largest absolute Gasteiger partial charge is 0.352 e. The highest BCUT2D eigenvalue weighted by Crippen LogP contribution is 2.21. The van der Waals surface area contributed by atoms with E-state index in [-0.39, 0.29) is 11.5 Å². The fourth-order valence-corrected chi connectivity index (χ4v) is 3.16. The Balaban J connectivity index is 1.51. The average molecular weight is 360 g/mol. The van der Waals surface area contributed by atoms with Crippen LogP contribution in [0.2, 0.25) is 0 Å². The molecule has 1 aromatic carbocycles. The van der Waals surface area contributed by atoms with Crippen molar-refractivity contribution >= 4 is 11.9 Å². The van der Waals surface area contributed by atoms with Crippen LogP contribution >= 0.6 is 0 Å². The number of piperidine rings is 1. The van der Waals surface area contributed by atoms with Gasteiger partial charge in [0.25, 0.3) is 5.91 Å². The number of aromatic nitrogens is 2. The van der Waals surface area contributed by atoms with E-state index >= 15 is 0 Å². The number of halogens is 2. The molecule has 0 atom stereocenters. The van der Waals surface area contributed by atoms with E-state index in [0.717, 1.165) is 55.4 Å². The number of anilines is 1. The number of hydrogen-bond acceptors (Lipinski definition) is 4. The van der Waals surface area contributed by atoms with E-state index in [0.29, 0.717) is 12.5 Å². The third-order valence-corrected chi connectivity index (χ3v) is 4.60. The number of nitrogens with zero attached hydrogens (tertiary/aromatic N) is 3. The van der Waals surface area contributed by atoms with Crippen molar-refractivity contribution in [3.05, 3.63) is 52.9 Å². The zero-order valence-corrected chi connectivity index (χ0v) is 14.9. The van der Waals surface area contributed by atoms with Gasteiger partial charge in [-0.2, -0.15) is 0 Å². The lowest BCUT2D eigenvalue weighted by molar-refractivity contribution is 0.0944. The molecule has 1 amide bonds. The van der Waals surface area contributed by atoms with Gasteiger partial charge in [0.2, 0.25) is 5.95 Å². The number of rotatable bonds is 4. The number of carbonyl (C=O) groups is 1. The maximum Gasteiger partial charge on any atom is 0.251 e. The predicted octanol–water partition coefficient (Wildman–Crippen LogP) is 3.02. The van der Waals surface area contributed by atoms with Crippen LogP contribution in [-0.4, -0.2) is 35.5 Å². The van der Waals surface area contributed by atoms with Crippen molar-refractivity contribution in [2.24, 2.45) is 5.92 Å². The van der Waals surface area contributed by atoms with Crippen molar-refractivity contribution in [2.75, 3.05) is 24.5 Å². The van der Waals surface area contributed by atoms with Gasteiger partial charge in [-0.1, -0.05) is 0 Å². The van der Waals surface area contributed by atoms with Gasteiger partial charge < -0.3 is 10.2 Å². The van der Waals surface area contributed by atoms with E-state index in [1.54, 1.807) is 0 Å². The minimum Gasteiger partial charge on any atom is -0.352 e. The van der Waals surface area contributed by atoms with Crippen LogP contribution < -0.4 is 10.2 Å². The SMILES string of the molecule is Cc1cc(C)nc(N2CCC(CNC(=O)c3ccc(F)c(F)c3)CC2)n1. The molecule has 0 radical (unpaired) electrons. The van der Waals surface area contributed by atoms with E-state index in [9.17, 15) is 13.6 Å². The first kappa shape index (κ1) is 18.2. The fourth-order valence-electron chi connectivity index (χ4n) is 3.16. The second kappa shape index (κ2) is 7.76. The summed E-state index contributed by atoms with van der Waals surface area (Å²) in [6.45, 7) is 6.08. The van der Waals surface area contributed by atoms with E-state index < -0.39 is 11.6 Å². The molecule has 0 bridgehead atoms. The Labute approximate surface area is 151 Å². The molecule has 0 aliphatic carbocycles. The van der Waals surface area contributed by atoms with E-state index in [4.69, 9.17) is 0 Å². The van der Waals surface area contributed by atoms with Gasteiger partial charge >= 0.3 is 0 Å². The van der Waals surface area contributed by atoms with Gasteiger partial charge in [0.1, 0.15) is 0 Å². The highest BCUT2D eigenvalue weighted by atomic mass is 19.2. The Morgan fingerprint density at radius 3 is 2.38 bits per heavy atom. The van der Waals surface area contributed by atoms with Gasteiger partial charge in [-0.15, -0.1) is 0 Å². The monoisotopic (exact) mass is 360 g/mol. The molecule has 1 aromatic heterocycles. The molecule has 7 heteroatoms. The van der Waals surface area contributed by atoms with Crippen LogP contribution in [0.1, 0.15) is 34.6 Å². The zero-order valence-electron chi connectivity index (χ0n) is 14.9. The summed E-state index contributed by atoms with van der Waals surface area (Å²) in [4.78, 5) is 23.2.